The van der Waals surface area contributed by atoms with Crippen LogP contribution in [0.25, 0.3) is 0 Å². The molecule has 1 unspecified atom stereocenters. The third-order valence-corrected chi connectivity index (χ3v) is 3.34. The number of morpholine rings is 1. The van der Waals surface area contributed by atoms with E-state index < -0.39 is 0 Å². The first-order chi connectivity index (χ1) is 8.46. The maximum absolute atomic E-state index is 5.68. The number of hydrogen-bond donors (Lipinski definition) is 1. The second kappa shape index (κ2) is 5.41. The fourth-order valence-electron chi connectivity index (χ4n) is 2.52. The zero-order valence-electron chi connectivity index (χ0n) is 12.0. The average Bonchev–Trinajstić information content (AvgIpc) is 2.28. The summed E-state index contributed by atoms with van der Waals surface area (Å²) in [6, 6.07) is 9.29. The molecule has 2 nitrogen and oxygen atoms in total. The van der Waals surface area contributed by atoms with Gasteiger partial charge in [-0.1, -0.05) is 38.1 Å². The van der Waals surface area contributed by atoms with E-state index in [1.807, 2.05) is 0 Å². The summed E-state index contributed by atoms with van der Waals surface area (Å²) in [4.78, 5) is 0. The SMILES string of the molecule is CC(C)Cc1ccc(C2COCC(C)(C)N2)cc1. The molecular weight excluding hydrogens is 222 g/mol. The molecule has 1 aliphatic heterocycles. The lowest BCUT2D eigenvalue weighted by molar-refractivity contribution is 0.0127. The van der Waals surface area contributed by atoms with E-state index >= 15 is 0 Å². The summed E-state index contributed by atoms with van der Waals surface area (Å²) in [6.07, 6.45) is 1.15. The second-order valence-electron chi connectivity index (χ2n) is 6.44. The molecule has 0 amide bonds. The number of nitrogens with one attached hydrogen (secondary N) is 1. The molecule has 1 fully saturated rings. The highest BCUT2D eigenvalue weighted by atomic mass is 16.5. The molecule has 0 saturated carbocycles. The van der Waals surface area contributed by atoms with E-state index in [0.717, 1.165) is 19.6 Å². The van der Waals surface area contributed by atoms with Crippen LogP contribution in [0.5, 0.6) is 0 Å². The summed E-state index contributed by atoms with van der Waals surface area (Å²) in [7, 11) is 0. The minimum atomic E-state index is 0.0690. The van der Waals surface area contributed by atoms with Gasteiger partial charge in [0.2, 0.25) is 0 Å². The van der Waals surface area contributed by atoms with E-state index in [9.17, 15) is 0 Å². The van der Waals surface area contributed by atoms with Crippen molar-refractivity contribution in [1.82, 2.24) is 5.32 Å². The van der Waals surface area contributed by atoms with Gasteiger partial charge in [-0.25, -0.2) is 0 Å². The number of ether oxygens (including phenoxy) is 1. The molecule has 0 radical (unpaired) electrons. The maximum Gasteiger partial charge on any atom is 0.0662 e. The Morgan fingerprint density at radius 2 is 1.94 bits per heavy atom. The van der Waals surface area contributed by atoms with Crippen molar-refractivity contribution in [3.63, 3.8) is 0 Å². The smallest absolute Gasteiger partial charge is 0.0662 e. The summed E-state index contributed by atoms with van der Waals surface area (Å²) in [5.74, 6) is 0.714. The topological polar surface area (TPSA) is 21.3 Å². The van der Waals surface area contributed by atoms with Crippen LogP contribution in [0, 0.1) is 5.92 Å². The van der Waals surface area contributed by atoms with Gasteiger partial charge >= 0.3 is 0 Å². The fraction of sp³-hybridized carbons (Fsp3) is 0.625. The van der Waals surface area contributed by atoms with Gasteiger partial charge in [-0.2, -0.15) is 0 Å². The van der Waals surface area contributed by atoms with Crippen molar-refractivity contribution >= 4 is 0 Å². The van der Waals surface area contributed by atoms with Crippen LogP contribution in [0.4, 0.5) is 0 Å². The first kappa shape index (κ1) is 13.6. The van der Waals surface area contributed by atoms with Gasteiger partial charge in [0.15, 0.2) is 0 Å². The number of hydrogen-bond acceptors (Lipinski definition) is 2. The largest absolute Gasteiger partial charge is 0.378 e. The van der Waals surface area contributed by atoms with E-state index in [4.69, 9.17) is 4.74 Å². The molecule has 2 rings (SSSR count). The normalized spacial score (nSPS) is 23.3. The van der Waals surface area contributed by atoms with Gasteiger partial charge in [0.1, 0.15) is 0 Å². The van der Waals surface area contributed by atoms with Crippen molar-refractivity contribution < 1.29 is 4.74 Å². The Bertz CT molecular complexity index is 381. The molecule has 0 spiro atoms. The standard InChI is InChI=1S/C16H25NO/c1-12(2)9-13-5-7-14(8-6-13)15-10-18-11-16(3,4)17-15/h5-8,12,15,17H,9-11H2,1-4H3. The van der Waals surface area contributed by atoms with Gasteiger partial charge in [0, 0.05) is 5.54 Å². The fourth-order valence-corrected chi connectivity index (χ4v) is 2.52. The highest BCUT2D eigenvalue weighted by Gasteiger charge is 2.28. The van der Waals surface area contributed by atoms with Crippen LogP contribution in [0.2, 0.25) is 0 Å². The minimum absolute atomic E-state index is 0.0690. The van der Waals surface area contributed by atoms with Crippen LogP contribution in [0.1, 0.15) is 44.9 Å². The molecular formula is C16H25NO. The van der Waals surface area contributed by atoms with E-state index in [1.165, 1.54) is 11.1 Å². The van der Waals surface area contributed by atoms with Gasteiger partial charge in [0.25, 0.3) is 0 Å². The van der Waals surface area contributed by atoms with E-state index in [1.54, 1.807) is 0 Å². The monoisotopic (exact) mass is 247 g/mol. The zero-order valence-corrected chi connectivity index (χ0v) is 12.0. The summed E-state index contributed by atoms with van der Waals surface area (Å²) >= 11 is 0. The third-order valence-electron chi connectivity index (χ3n) is 3.34. The Labute approximate surface area is 111 Å². The lowest BCUT2D eigenvalue weighted by Crippen LogP contribution is -2.51. The molecule has 2 heteroatoms. The Morgan fingerprint density at radius 3 is 2.50 bits per heavy atom. The molecule has 0 bridgehead atoms. The predicted octanol–water partition coefficient (Wildman–Crippen LogP) is 3.32. The average molecular weight is 247 g/mol. The molecule has 1 atom stereocenters. The first-order valence-electron chi connectivity index (χ1n) is 6.90. The van der Waals surface area contributed by atoms with Crippen molar-refractivity contribution in [3.05, 3.63) is 35.4 Å². The summed E-state index contributed by atoms with van der Waals surface area (Å²) in [5, 5.41) is 3.64. The Balaban J connectivity index is 2.05. The van der Waals surface area contributed by atoms with Crippen molar-refractivity contribution in [3.8, 4) is 0 Å². The summed E-state index contributed by atoms with van der Waals surface area (Å²) in [6.45, 7) is 10.4. The molecule has 1 aromatic rings. The quantitative estimate of drug-likeness (QED) is 0.884. The van der Waals surface area contributed by atoms with Crippen molar-refractivity contribution in [1.29, 1.82) is 0 Å². The highest BCUT2D eigenvalue weighted by Crippen LogP contribution is 2.23. The minimum Gasteiger partial charge on any atom is -0.378 e. The van der Waals surface area contributed by atoms with Crippen LogP contribution in [-0.2, 0) is 11.2 Å². The first-order valence-corrected chi connectivity index (χ1v) is 6.90. The summed E-state index contributed by atoms with van der Waals surface area (Å²) in [5.41, 5.74) is 2.82. The van der Waals surface area contributed by atoms with Crippen LogP contribution in [0.15, 0.2) is 24.3 Å². The second-order valence-corrected chi connectivity index (χ2v) is 6.44. The van der Waals surface area contributed by atoms with Gasteiger partial charge < -0.3 is 10.1 Å². The third kappa shape index (κ3) is 3.56. The lowest BCUT2D eigenvalue weighted by atomic mass is 9.96. The van der Waals surface area contributed by atoms with E-state index in [0.29, 0.717) is 12.0 Å². The van der Waals surface area contributed by atoms with Gasteiger partial charge in [-0.05, 0) is 37.3 Å². The molecule has 1 saturated heterocycles. The van der Waals surface area contributed by atoms with Crippen molar-refractivity contribution in [2.45, 2.75) is 45.7 Å². The van der Waals surface area contributed by atoms with Gasteiger partial charge in [0.05, 0.1) is 19.3 Å². The Hall–Kier alpha value is -0.860. The molecule has 0 aromatic heterocycles. The lowest BCUT2D eigenvalue weighted by Gasteiger charge is -2.37. The molecule has 1 heterocycles. The Kier molecular flexibility index (Phi) is 4.08. The van der Waals surface area contributed by atoms with E-state index in [-0.39, 0.29) is 5.54 Å². The Morgan fingerprint density at radius 1 is 1.28 bits per heavy atom. The number of benzene rings is 1. The molecule has 18 heavy (non-hydrogen) atoms. The molecule has 100 valence electrons. The predicted molar refractivity (Wildman–Crippen MR) is 75.8 cm³/mol. The maximum atomic E-state index is 5.68. The van der Waals surface area contributed by atoms with Crippen LogP contribution in [-0.4, -0.2) is 18.8 Å². The van der Waals surface area contributed by atoms with Gasteiger partial charge in [-0.15, -0.1) is 0 Å². The zero-order chi connectivity index (χ0) is 13.2. The highest BCUT2D eigenvalue weighted by molar-refractivity contribution is 5.26. The van der Waals surface area contributed by atoms with Crippen molar-refractivity contribution in [2.75, 3.05) is 13.2 Å². The van der Waals surface area contributed by atoms with Crippen LogP contribution >= 0.6 is 0 Å². The molecule has 0 aliphatic carbocycles. The molecule has 1 N–H and O–H groups in total. The number of rotatable bonds is 3. The van der Waals surface area contributed by atoms with E-state index in [2.05, 4.69) is 57.3 Å². The van der Waals surface area contributed by atoms with Crippen molar-refractivity contribution in [2.24, 2.45) is 5.92 Å². The summed E-state index contributed by atoms with van der Waals surface area (Å²) < 4.78 is 5.68. The molecule has 1 aromatic carbocycles. The van der Waals surface area contributed by atoms with Crippen LogP contribution in [0.3, 0.4) is 0 Å². The van der Waals surface area contributed by atoms with Crippen LogP contribution < -0.4 is 5.32 Å². The molecule has 1 aliphatic rings. The van der Waals surface area contributed by atoms with Gasteiger partial charge in [-0.3, -0.25) is 0 Å².